The number of hydrogen-bond acceptors (Lipinski definition) is 2. The molecule has 4 heteroatoms. The van der Waals surface area contributed by atoms with Gasteiger partial charge in [0.25, 0.3) is 0 Å². The minimum Gasteiger partial charge on any atom is -0.481 e. The second-order valence-corrected chi connectivity index (χ2v) is 3.53. The van der Waals surface area contributed by atoms with Crippen LogP contribution in [0.3, 0.4) is 0 Å². The Hall–Kier alpha value is -1.58. The second-order valence-electron chi connectivity index (χ2n) is 3.53. The van der Waals surface area contributed by atoms with Crippen molar-refractivity contribution in [3.63, 3.8) is 0 Å². The molecule has 0 spiro atoms. The Balaban J connectivity index is 2.44. The van der Waals surface area contributed by atoms with Gasteiger partial charge in [-0.25, -0.2) is 0 Å². The number of aliphatic carboxylic acids is 1. The van der Waals surface area contributed by atoms with Gasteiger partial charge in [-0.1, -0.05) is 0 Å². The van der Waals surface area contributed by atoms with Crippen LogP contribution >= 0.6 is 0 Å². The molecule has 0 aliphatic carbocycles. The lowest BCUT2D eigenvalue weighted by atomic mass is 10.1. The summed E-state index contributed by atoms with van der Waals surface area (Å²) >= 11 is 0. The van der Waals surface area contributed by atoms with Gasteiger partial charge in [-0.15, -0.1) is 0 Å². The third kappa shape index (κ3) is 1.14. The van der Waals surface area contributed by atoms with Crippen LogP contribution in [-0.4, -0.2) is 21.4 Å². The van der Waals surface area contributed by atoms with Crippen LogP contribution in [0.15, 0.2) is 12.1 Å². The van der Waals surface area contributed by atoms with Crippen molar-refractivity contribution < 1.29 is 14.7 Å². The molecule has 1 aromatic heterocycles. The number of aromatic nitrogens is 1. The van der Waals surface area contributed by atoms with Crippen LogP contribution in [0.2, 0.25) is 0 Å². The highest BCUT2D eigenvalue weighted by molar-refractivity contribution is 5.93. The summed E-state index contributed by atoms with van der Waals surface area (Å²) in [4.78, 5) is 22.0. The Labute approximate surface area is 81.2 Å². The maximum Gasteiger partial charge on any atom is 0.312 e. The number of fused-ring (bicyclic) bond motifs is 1. The number of carbonyl (C=O) groups is 2. The van der Waals surface area contributed by atoms with Crippen LogP contribution in [0.1, 0.15) is 35.4 Å². The molecule has 1 aliphatic rings. The predicted octanol–water partition coefficient (Wildman–Crippen LogP) is 1.26. The van der Waals surface area contributed by atoms with E-state index < -0.39 is 11.9 Å². The number of carboxylic acid groups (broad SMARTS) is 1. The van der Waals surface area contributed by atoms with E-state index in [9.17, 15) is 9.59 Å². The van der Waals surface area contributed by atoms with Crippen molar-refractivity contribution in [2.24, 2.45) is 0 Å². The largest absolute Gasteiger partial charge is 0.481 e. The van der Waals surface area contributed by atoms with E-state index in [4.69, 9.17) is 5.11 Å². The van der Waals surface area contributed by atoms with E-state index in [1.54, 1.807) is 16.7 Å². The van der Waals surface area contributed by atoms with E-state index >= 15 is 0 Å². The number of hydrogen-bond donors (Lipinski definition) is 1. The first-order valence-corrected chi connectivity index (χ1v) is 4.54. The fourth-order valence-corrected chi connectivity index (χ4v) is 2.00. The van der Waals surface area contributed by atoms with E-state index in [-0.39, 0.29) is 5.78 Å². The standard InChI is InChI=1S/C10H11NO3/c1-6(12)8-2-3-9-7(10(13)14)4-5-11(8)9/h2-3,7H,4-5H2,1H3,(H,13,14). The van der Waals surface area contributed by atoms with Crippen LogP contribution in [0.5, 0.6) is 0 Å². The van der Waals surface area contributed by atoms with E-state index in [0.29, 0.717) is 18.7 Å². The van der Waals surface area contributed by atoms with Crippen molar-refractivity contribution in [2.75, 3.05) is 0 Å². The molecule has 4 nitrogen and oxygen atoms in total. The van der Waals surface area contributed by atoms with Crippen molar-refractivity contribution >= 4 is 11.8 Å². The minimum absolute atomic E-state index is 0.0118. The topological polar surface area (TPSA) is 59.3 Å². The fourth-order valence-electron chi connectivity index (χ4n) is 2.00. The average Bonchev–Trinajstić information content (AvgIpc) is 2.59. The van der Waals surface area contributed by atoms with Crippen molar-refractivity contribution in [3.8, 4) is 0 Å². The van der Waals surface area contributed by atoms with Gasteiger partial charge < -0.3 is 9.67 Å². The van der Waals surface area contributed by atoms with Crippen molar-refractivity contribution in [1.82, 2.24) is 4.57 Å². The number of carbonyl (C=O) groups excluding carboxylic acids is 1. The molecule has 2 rings (SSSR count). The Kier molecular flexibility index (Phi) is 1.91. The normalized spacial score (nSPS) is 19.4. The molecule has 1 atom stereocenters. The van der Waals surface area contributed by atoms with E-state index in [1.165, 1.54) is 6.92 Å². The molecule has 0 bridgehead atoms. The molecular weight excluding hydrogens is 182 g/mol. The molecule has 0 saturated heterocycles. The van der Waals surface area contributed by atoms with Crippen LogP contribution in [0.4, 0.5) is 0 Å². The van der Waals surface area contributed by atoms with Gasteiger partial charge >= 0.3 is 5.97 Å². The maximum absolute atomic E-state index is 11.2. The number of Topliss-reactive ketones (excluding diaryl/α,β-unsaturated/α-hetero) is 1. The monoisotopic (exact) mass is 193 g/mol. The molecule has 0 fully saturated rings. The Morgan fingerprint density at radius 1 is 1.50 bits per heavy atom. The van der Waals surface area contributed by atoms with Crippen LogP contribution < -0.4 is 0 Å². The van der Waals surface area contributed by atoms with Gasteiger partial charge in [-0.3, -0.25) is 9.59 Å². The third-order valence-corrected chi connectivity index (χ3v) is 2.67. The Bertz CT molecular complexity index is 405. The summed E-state index contributed by atoms with van der Waals surface area (Å²) in [5.74, 6) is -1.26. The predicted molar refractivity (Wildman–Crippen MR) is 49.4 cm³/mol. The van der Waals surface area contributed by atoms with Crippen LogP contribution in [0, 0.1) is 0 Å². The summed E-state index contributed by atoms with van der Waals surface area (Å²) < 4.78 is 1.81. The van der Waals surface area contributed by atoms with Gasteiger partial charge in [0.2, 0.25) is 0 Å². The number of ketones is 1. The summed E-state index contributed by atoms with van der Waals surface area (Å²) in [5.41, 5.74) is 1.37. The Morgan fingerprint density at radius 3 is 2.79 bits per heavy atom. The SMILES string of the molecule is CC(=O)c1ccc2n1CCC2C(=O)O. The lowest BCUT2D eigenvalue weighted by Crippen LogP contribution is -2.08. The van der Waals surface area contributed by atoms with Gasteiger partial charge in [-0.2, -0.15) is 0 Å². The number of nitrogens with zero attached hydrogens (tertiary/aromatic N) is 1. The summed E-state index contributed by atoms with van der Waals surface area (Å²) in [6.07, 6.45) is 0.589. The summed E-state index contributed by atoms with van der Waals surface area (Å²) in [6, 6.07) is 3.44. The second kappa shape index (κ2) is 2.97. The van der Waals surface area contributed by atoms with Gasteiger partial charge in [0.05, 0.1) is 11.6 Å². The molecule has 1 aromatic rings. The summed E-state index contributed by atoms with van der Waals surface area (Å²) in [7, 11) is 0. The highest BCUT2D eigenvalue weighted by atomic mass is 16.4. The van der Waals surface area contributed by atoms with Gasteiger partial charge in [0.1, 0.15) is 0 Å². The molecule has 0 radical (unpaired) electrons. The highest BCUT2D eigenvalue weighted by Crippen LogP contribution is 2.30. The zero-order chi connectivity index (χ0) is 10.3. The fraction of sp³-hybridized carbons (Fsp3) is 0.400. The average molecular weight is 193 g/mol. The van der Waals surface area contributed by atoms with Crippen molar-refractivity contribution in [1.29, 1.82) is 0 Å². The zero-order valence-corrected chi connectivity index (χ0v) is 7.86. The highest BCUT2D eigenvalue weighted by Gasteiger charge is 2.30. The van der Waals surface area contributed by atoms with E-state index in [1.807, 2.05) is 0 Å². The van der Waals surface area contributed by atoms with Crippen LogP contribution in [-0.2, 0) is 11.3 Å². The molecule has 0 saturated carbocycles. The lowest BCUT2D eigenvalue weighted by Gasteiger charge is -2.02. The van der Waals surface area contributed by atoms with Gasteiger partial charge in [0, 0.05) is 19.2 Å². The smallest absolute Gasteiger partial charge is 0.312 e. The molecule has 0 aromatic carbocycles. The van der Waals surface area contributed by atoms with Gasteiger partial charge in [0.15, 0.2) is 5.78 Å². The molecule has 1 aliphatic heterocycles. The van der Waals surface area contributed by atoms with E-state index in [2.05, 4.69) is 0 Å². The summed E-state index contributed by atoms with van der Waals surface area (Å²) in [6.45, 7) is 2.13. The van der Waals surface area contributed by atoms with Crippen LogP contribution in [0.25, 0.3) is 0 Å². The Morgan fingerprint density at radius 2 is 2.21 bits per heavy atom. The molecule has 2 heterocycles. The van der Waals surface area contributed by atoms with Gasteiger partial charge in [-0.05, 0) is 18.6 Å². The molecule has 74 valence electrons. The van der Waals surface area contributed by atoms with Crippen molar-refractivity contribution in [2.45, 2.75) is 25.8 Å². The number of rotatable bonds is 2. The first-order valence-electron chi connectivity index (χ1n) is 4.54. The first-order chi connectivity index (χ1) is 6.61. The first kappa shape index (κ1) is 8.99. The van der Waals surface area contributed by atoms with E-state index in [0.717, 1.165) is 5.69 Å². The number of carboxylic acids is 1. The quantitative estimate of drug-likeness (QED) is 0.719. The molecule has 0 amide bonds. The molecule has 1 unspecified atom stereocenters. The molecule has 1 N–H and O–H groups in total. The third-order valence-electron chi connectivity index (χ3n) is 2.67. The minimum atomic E-state index is -0.808. The molecular formula is C10H11NO3. The van der Waals surface area contributed by atoms with Crippen molar-refractivity contribution in [3.05, 3.63) is 23.5 Å². The lowest BCUT2D eigenvalue weighted by molar-refractivity contribution is -0.138. The zero-order valence-electron chi connectivity index (χ0n) is 7.86. The molecule has 14 heavy (non-hydrogen) atoms. The maximum atomic E-state index is 11.2. The summed E-state index contributed by atoms with van der Waals surface area (Å²) in [5, 5.41) is 8.91.